The summed E-state index contributed by atoms with van der Waals surface area (Å²) < 4.78 is 12.3. The van der Waals surface area contributed by atoms with Crippen LogP contribution in [0.25, 0.3) is 11.1 Å². The standard InChI is InChI=1S/C26H33NO3/c1-17-14-22-21(9-6-12-27(22)16-28)25(18(2)30-26(3,4)5)24(17)20-10-11-23-19(15-20)8-7-13-29-23/h10-11,14-16,18H,6-9,12-13H2,1-5H3. The minimum atomic E-state index is -0.254. The number of fused-ring (bicyclic) bond motifs is 2. The Bertz CT molecular complexity index is 958. The van der Waals surface area contributed by atoms with E-state index in [2.05, 4.69) is 58.9 Å². The van der Waals surface area contributed by atoms with Crippen LogP contribution in [0.1, 0.15) is 68.9 Å². The van der Waals surface area contributed by atoms with Gasteiger partial charge in [0.2, 0.25) is 6.41 Å². The molecule has 0 spiro atoms. The highest BCUT2D eigenvalue weighted by atomic mass is 16.5. The Labute approximate surface area is 180 Å². The molecule has 1 amide bonds. The predicted molar refractivity (Wildman–Crippen MR) is 121 cm³/mol. The Kier molecular flexibility index (Phi) is 5.63. The zero-order chi connectivity index (χ0) is 21.5. The van der Waals surface area contributed by atoms with Gasteiger partial charge in [0, 0.05) is 12.2 Å². The van der Waals surface area contributed by atoms with Gasteiger partial charge in [0.05, 0.1) is 18.3 Å². The minimum Gasteiger partial charge on any atom is -0.493 e. The molecule has 2 aliphatic heterocycles. The van der Waals surface area contributed by atoms with Crippen LogP contribution < -0.4 is 9.64 Å². The van der Waals surface area contributed by atoms with Gasteiger partial charge in [-0.1, -0.05) is 6.07 Å². The van der Waals surface area contributed by atoms with Gasteiger partial charge in [-0.15, -0.1) is 0 Å². The van der Waals surface area contributed by atoms with Gasteiger partial charge >= 0.3 is 0 Å². The molecule has 160 valence electrons. The molecule has 0 N–H and O–H groups in total. The van der Waals surface area contributed by atoms with E-state index in [1.165, 1.54) is 33.4 Å². The lowest BCUT2D eigenvalue weighted by Gasteiger charge is -2.34. The molecule has 0 aliphatic carbocycles. The summed E-state index contributed by atoms with van der Waals surface area (Å²) in [5.74, 6) is 1.01. The van der Waals surface area contributed by atoms with Crippen LogP contribution in [0.15, 0.2) is 24.3 Å². The lowest BCUT2D eigenvalue weighted by Crippen LogP contribution is -2.30. The highest BCUT2D eigenvalue weighted by Crippen LogP contribution is 2.44. The Hall–Kier alpha value is -2.33. The van der Waals surface area contributed by atoms with Crippen molar-refractivity contribution in [3.05, 3.63) is 46.5 Å². The van der Waals surface area contributed by atoms with Crippen molar-refractivity contribution in [1.82, 2.24) is 0 Å². The zero-order valence-electron chi connectivity index (χ0n) is 18.9. The van der Waals surface area contributed by atoms with Crippen LogP contribution in [-0.2, 0) is 22.4 Å². The molecule has 0 saturated heterocycles. The molecule has 4 nitrogen and oxygen atoms in total. The van der Waals surface area contributed by atoms with Gasteiger partial charge < -0.3 is 14.4 Å². The number of amides is 1. The van der Waals surface area contributed by atoms with Crippen molar-refractivity contribution in [1.29, 1.82) is 0 Å². The van der Waals surface area contributed by atoms with Crippen LogP contribution >= 0.6 is 0 Å². The number of hydrogen-bond acceptors (Lipinski definition) is 3. The van der Waals surface area contributed by atoms with Crippen molar-refractivity contribution in [3.63, 3.8) is 0 Å². The van der Waals surface area contributed by atoms with Gasteiger partial charge in [-0.2, -0.15) is 0 Å². The Morgan fingerprint density at radius 3 is 2.70 bits per heavy atom. The number of ether oxygens (including phenoxy) is 2. The summed E-state index contributed by atoms with van der Waals surface area (Å²) in [6.45, 7) is 12.2. The topological polar surface area (TPSA) is 38.8 Å². The van der Waals surface area contributed by atoms with Crippen LogP contribution in [0.2, 0.25) is 0 Å². The maximum atomic E-state index is 11.7. The molecule has 30 heavy (non-hydrogen) atoms. The molecule has 0 radical (unpaired) electrons. The van der Waals surface area contributed by atoms with Crippen molar-refractivity contribution >= 4 is 12.1 Å². The van der Waals surface area contributed by atoms with Gasteiger partial charge in [0.15, 0.2) is 0 Å². The van der Waals surface area contributed by atoms with E-state index in [-0.39, 0.29) is 11.7 Å². The van der Waals surface area contributed by atoms with Crippen molar-refractivity contribution in [3.8, 4) is 16.9 Å². The van der Waals surface area contributed by atoms with E-state index in [9.17, 15) is 4.79 Å². The van der Waals surface area contributed by atoms with Crippen molar-refractivity contribution in [2.45, 2.75) is 72.0 Å². The number of hydrogen-bond donors (Lipinski definition) is 0. The highest BCUT2D eigenvalue weighted by molar-refractivity contribution is 5.84. The second kappa shape index (κ2) is 8.07. The largest absolute Gasteiger partial charge is 0.493 e. The highest BCUT2D eigenvalue weighted by Gasteiger charge is 2.29. The predicted octanol–water partition coefficient (Wildman–Crippen LogP) is 5.77. The maximum absolute atomic E-state index is 11.7. The number of nitrogens with zero attached hydrogens (tertiary/aromatic N) is 1. The van der Waals surface area contributed by atoms with E-state index in [1.54, 1.807) is 0 Å². The monoisotopic (exact) mass is 407 g/mol. The summed E-state index contributed by atoms with van der Waals surface area (Å²) in [6.07, 6.45) is 4.94. The van der Waals surface area contributed by atoms with Crippen LogP contribution in [0.4, 0.5) is 5.69 Å². The number of rotatable bonds is 4. The van der Waals surface area contributed by atoms with Gasteiger partial charge in [-0.3, -0.25) is 4.79 Å². The van der Waals surface area contributed by atoms with Crippen molar-refractivity contribution in [2.24, 2.45) is 0 Å². The number of anilines is 1. The second-order valence-corrected chi connectivity index (χ2v) is 9.53. The van der Waals surface area contributed by atoms with Crippen molar-refractivity contribution < 1.29 is 14.3 Å². The minimum absolute atomic E-state index is 0.0764. The number of benzene rings is 2. The van der Waals surface area contributed by atoms with E-state index in [0.29, 0.717) is 0 Å². The van der Waals surface area contributed by atoms with Gasteiger partial charge in [0.1, 0.15) is 5.75 Å². The first-order valence-electron chi connectivity index (χ1n) is 11.1. The van der Waals surface area contributed by atoms with Gasteiger partial charge in [-0.05, 0) is 112 Å². The molecule has 4 rings (SSSR count). The molecule has 2 aromatic rings. The number of carbonyl (C=O) groups excluding carboxylic acids is 1. The van der Waals surface area contributed by atoms with Crippen LogP contribution in [-0.4, -0.2) is 25.2 Å². The molecule has 0 fully saturated rings. The Balaban J connectivity index is 1.92. The third-order valence-electron chi connectivity index (χ3n) is 6.05. The van der Waals surface area contributed by atoms with E-state index in [0.717, 1.165) is 56.7 Å². The van der Waals surface area contributed by atoms with Crippen molar-refractivity contribution in [2.75, 3.05) is 18.1 Å². The first-order valence-corrected chi connectivity index (χ1v) is 11.1. The zero-order valence-corrected chi connectivity index (χ0v) is 18.9. The molecule has 1 atom stereocenters. The molecule has 2 aliphatic rings. The molecule has 2 heterocycles. The lowest BCUT2D eigenvalue weighted by molar-refractivity contribution is -0.107. The molecule has 1 unspecified atom stereocenters. The average molecular weight is 408 g/mol. The van der Waals surface area contributed by atoms with E-state index >= 15 is 0 Å². The lowest BCUT2D eigenvalue weighted by atomic mass is 9.83. The summed E-state index contributed by atoms with van der Waals surface area (Å²) in [6, 6.07) is 8.75. The van der Waals surface area contributed by atoms with Gasteiger partial charge in [-0.25, -0.2) is 0 Å². The number of aryl methyl sites for hydroxylation is 2. The Morgan fingerprint density at radius 1 is 1.17 bits per heavy atom. The fraction of sp³-hybridized carbons (Fsp3) is 0.500. The van der Waals surface area contributed by atoms with Crippen LogP contribution in [0.3, 0.4) is 0 Å². The third kappa shape index (κ3) is 3.98. The first-order chi connectivity index (χ1) is 14.3. The smallest absolute Gasteiger partial charge is 0.214 e. The molecular formula is C26H33NO3. The second-order valence-electron chi connectivity index (χ2n) is 9.53. The molecule has 0 aromatic heterocycles. The fourth-order valence-corrected chi connectivity index (χ4v) is 4.98. The summed E-state index contributed by atoms with van der Waals surface area (Å²) in [4.78, 5) is 13.6. The number of carbonyl (C=O) groups is 1. The molecule has 4 heteroatoms. The quantitative estimate of drug-likeness (QED) is 0.604. The maximum Gasteiger partial charge on any atom is 0.214 e. The summed E-state index contributed by atoms with van der Waals surface area (Å²) in [5, 5.41) is 0. The molecule has 0 bridgehead atoms. The van der Waals surface area contributed by atoms with E-state index in [1.807, 2.05) is 4.90 Å². The summed E-state index contributed by atoms with van der Waals surface area (Å²) in [5.41, 5.74) is 8.17. The van der Waals surface area contributed by atoms with Crippen LogP contribution in [0.5, 0.6) is 5.75 Å². The molecule has 0 saturated carbocycles. The fourth-order valence-electron chi connectivity index (χ4n) is 4.98. The normalized spacial score (nSPS) is 17.0. The SMILES string of the molecule is Cc1cc2c(c(C(C)OC(C)(C)C)c1-c1ccc3c(c1)CCCO3)CCCN2C=O. The third-order valence-corrected chi connectivity index (χ3v) is 6.05. The average Bonchev–Trinajstić information content (AvgIpc) is 2.70. The van der Waals surface area contributed by atoms with Crippen LogP contribution in [0, 0.1) is 6.92 Å². The van der Waals surface area contributed by atoms with E-state index in [4.69, 9.17) is 9.47 Å². The summed E-state index contributed by atoms with van der Waals surface area (Å²) in [7, 11) is 0. The molecular weight excluding hydrogens is 374 g/mol. The molecule has 2 aromatic carbocycles. The summed E-state index contributed by atoms with van der Waals surface area (Å²) >= 11 is 0. The van der Waals surface area contributed by atoms with E-state index < -0.39 is 0 Å². The van der Waals surface area contributed by atoms with Gasteiger partial charge in [0.25, 0.3) is 0 Å². The Morgan fingerprint density at radius 2 is 1.97 bits per heavy atom. The first kappa shape index (κ1) is 20.9.